The Hall–Kier alpha value is -2.08. The summed E-state index contributed by atoms with van der Waals surface area (Å²) in [5, 5.41) is 3.64. The van der Waals surface area contributed by atoms with Gasteiger partial charge in [0.25, 0.3) is 0 Å². The third-order valence-electron chi connectivity index (χ3n) is 3.92. The first-order chi connectivity index (χ1) is 10.8. The molecule has 114 valence electrons. The van der Waals surface area contributed by atoms with Crippen molar-refractivity contribution in [1.29, 1.82) is 0 Å². The van der Waals surface area contributed by atoms with Crippen molar-refractivity contribution in [2.24, 2.45) is 0 Å². The van der Waals surface area contributed by atoms with Crippen LogP contribution in [0.3, 0.4) is 0 Å². The number of aromatic nitrogens is 1. The smallest absolute Gasteiger partial charge is 0.231 e. The molecule has 2 aromatic rings. The highest BCUT2D eigenvalue weighted by Gasteiger charge is 2.18. The van der Waals surface area contributed by atoms with Gasteiger partial charge in [0.1, 0.15) is 0 Å². The van der Waals surface area contributed by atoms with Crippen molar-refractivity contribution < 1.29 is 14.3 Å². The van der Waals surface area contributed by atoms with E-state index < -0.39 is 0 Å². The van der Waals surface area contributed by atoms with E-state index in [2.05, 4.69) is 10.3 Å². The Kier molecular flexibility index (Phi) is 3.46. The van der Waals surface area contributed by atoms with E-state index in [1.165, 1.54) is 11.3 Å². The van der Waals surface area contributed by atoms with Gasteiger partial charge in [0, 0.05) is 11.3 Å². The monoisotopic (exact) mass is 316 g/mol. The quantitative estimate of drug-likeness (QED) is 0.942. The van der Waals surface area contributed by atoms with Crippen LogP contribution in [0, 0.1) is 0 Å². The molecule has 0 spiro atoms. The predicted octanol–water partition coefficient (Wildman–Crippen LogP) is 2.93. The molecule has 2 aliphatic rings. The van der Waals surface area contributed by atoms with Crippen LogP contribution in [0.2, 0.25) is 0 Å². The molecule has 1 amide bonds. The summed E-state index contributed by atoms with van der Waals surface area (Å²) in [6, 6.07) is 5.80. The van der Waals surface area contributed by atoms with Crippen LogP contribution in [-0.2, 0) is 24.1 Å². The number of carbonyl (C=O) groups excluding carboxylic acids is 1. The third-order valence-corrected chi connectivity index (χ3v) is 4.99. The Balaban J connectivity index is 1.34. The Labute approximate surface area is 132 Å². The first-order valence-electron chi connectivity index (χ1n) is 7.45. The van der Waals surface area contributed by atoms with Gasteiger partial charge in [-0.05, 0) is 43.4 Å². The minimum Gasteiger partial charge on any atom is -0.454 e. The van der Waals surface area contributed by atoms with E-state index in [0.29, 0.717) is 12.8 Å². The van der Waals surface area contributed by atoms with Gasteiger partial charge in [-0.2, -0.15) is 0 Å². The number of anilines is 1. The maximum Gasteiger partial charge on any atom is 0.231 e. The van der Waals surface area contributed by atoms with Crippen LogP contribution in [-0.4, -0.2) is 17.7 Å². The summed E-state index contributed by atoms with van der Waals surface area (Å²) in [4.78, 5) is 17.9. The SMILES string of the molecule is O=C(CCc1ccc2c(c1)OCO2)Nc1nc2c(s1)CCC2. The second kappa shape index (κ2) is 5.61. The van der Waals surface area contributed by atoms with Gasteiger partial charge in [0.05, 0.1) is 5.69 Å². The van der Waals surface area contributed by atoms with Crippen molar-refractivity contribution in [3.05, 3.63) is 34.3 Å². The second-order valence-corrected chi connectivity index (χ2v) is 6.56. The van der Waals surface area contributed by atoms with Crippen molar-refractivity contribution >= 4 is 22.4 Å². The van der Waals surface area contributed by atoms with Crippen LogP contribution < -0.4 is 14.8 Å². The molecule has 4 rings (SSSR count). The standard InChI is InChI=1S/C16H16N2O3S/c19-15(18-16-17-11-2-1-3-14(11)22-16)7-5-10-4-6-12-13(8-10)21-9-20-12/h4,6,8H,1-3,5,7,9H2,(H,17,18,19). The summed E-state index contributed by atoms with van der Waals surface area (Å²) in [6.07, 6.45) is 4.43. The number of nitrogens with zero attached hydrogens (tertiary/aromatic N) is 1. The third kappa shape index (κ3) is 2.66. The molecular formula is C16H16N2O3S. The molecule has 0 saturated carbocycles. The Morgan fingerprint density at radius 2 is 2.18 bits per heavy atom. The van der Waals surface area contributed by atoms with Crippen LogP contribution in [0.15, 0.2) is 18.2 Å². The highest BCUT2D eigenvalue weighted by atomic mass is 32.1. The molecule has 1 aliphatic heterocycles. The van der Waals surface area contributed by atoms with Gasteiger partial charge in [0.15, 0.2) is 16.6 Å². The van der Waals surface area contributed by atoms with Crippen LogP contribution in [0.25, 0.3) is 0 Å². The number of nitrogens with one attached hydrogen (secondary N) is 1. The van der Waals surface area contributed by atoms with Crippen LogP contribution in [0.4, 0.5) is 5.13 Å². The number of thiazole rings is 1. The van der Waals surface area contributed by atoms with Gasteiger partial charge < -0.3 is 14.8 Å². The van der Waals surface area contributed by atoms with Crippen LogP contribution in [0.1, 0.15) is 29.0 Å². The molecule has 5 nitrogen and oxygen atoms in total. The molecule has 0 atom stereocenters. The van der Waals surface area contributed by atoms with Crippen molar-refractivity contribution in [1.82, 2.24) is 4.98 Å². The number of hydrogen-bond acceptors (Lipinski definition) is 5. The molecule has 1 aromatic heterocycles. The lowest BCUT2D eigenvalue weighted by atomic mass is 10.1. The highest BCUT2D eigenvalue weighted by Crippen LogP contribution is 2.33. The van der Waals surface area contributed by atoms with Crippen molar-refractivity contribution in [3.63, 3.8) is 0 Å². The van der Waals surface area contributed by atoms with Gasteiger partial charge in [-0.3, -0.25) is 4.79 Å². The number of hydrogen-bond donors (Lipinski definition) is 1. The number of fused-ring (bicyclic) bond motifs is 2. The lowest BCUT2D eigenvalue weighted by Crippen LogP contribution is -2.12. The molecule has 0 fully saturated rings. The molecule has 1 aromatic carbocycles. The molecule has 0 saturated heterocycles. The van der Waals surface area contributed by atoms with Gasteiger partial charge in [-0.25, -0.2) is 4.98 Å². The molecule has 6 heteroatoms. The fourth-order valence-electron chi connectivity index (χ4n) is 2.78. The van der Waals surface area contributed by atoms with Gasteiger partial charge in [0.2, 0.25) is 12.7 Å². The molecule has 2 heterocycles. The number of aryl methyl sites for hydroxylation is 3. The lowest BCUT2D eigenvalue weighted by Gasteiger charge is -2.04. The number of carbonyl (C=O) groups is 1. The molecular weight excluding hydrogens is 300 g/mol. The van der Waals surface area contributed by atoms with E-state index in [1.54, 1.807) is 11.3 Å². The molecule has 0 radical (unpaired) electrons. The number of benzene rings is 1. The average Bonchev–Trinajstić information content (AvgIpc) is 3.19. The van der Waals surface area contributed by atoms with Gasteiger partial charge >= 0.3 is 0 Å². The number of ether oxygens (including phenoxy) is 2. The maximum atomic E-state index is 12.0. The topological polar surface area (TPSA) is 60.5 Å². The van der Waals surface area contributed by atoms with Crippen molar-refractivity contribution in [2.75, 3.05) is 12.1 Å². The Bertz CT molecular complexity index is 705. The first-order valence-corrected chi connectivity index (χ1v) is 8.26. The largest absolute Gasteiger partial charge is 0.454 e. The Morgan fingerprint density at radius 3 is 3.09 bits per heavy atom. The van der Waals surface area contributed by atoms with Crippen LogP contribution >= 0.6 is 11.3 Å². The van der Waals surface area contributed by atoms with E-state index in [4.69, 9.17) is 9.47 Å². The van der Waals surface area contributed by atoms with E-state index in [0.717, 1.165) is 40.7 Å². The van der Waals surface area contributed by atoms with Gasteiger partial charge in [-0.15, -0.1) is 11.3 Å². The van der Waals surface area contributed by atoms with Crippen molar-refractivity contribution in [2.45, 2.75) is 32.1 Å². The molecule has 0 bridgehead atoms. The lowest BCUT2D eigenvalue weighted by molar-refractivity contribution is -0.116. The fourth-order valence-corrected chi connectivity index (χ4v) is 3.85. The predicted molar refractivity (Wildman–Crippen MR) is 83.7 cm³/mol. The van der Waals surface area contributed by atoms with E-state index >= 15 is 0 Å². The molecule has 22 heavy (non-hydrogen) atoms. The zero-order valence-electron chi connectivity index (χ0n) is 12.1. The van der Waals surface area contributed by atoms with E-state index in [9.17, 15) is 4.79 Å². The van der Waals surface area contributed by atoms with Crippen LogP contribution in [0.5, 0.6) is 11.5 Å². The Morgan fingerprint density at radius 1 is 1.27 bits per heavy atom. The zero-order chi connectivity index (χ0) is 14.9. The molecule has 1 aliphatic carbocycles. The normalized spacial score (nSPS) is 14.9. The van der Waals surface area contributed by atoms with Crippen molar-refractivity contribution in [3.8, 4) is 11.5 Å². The van der Waals surface area contributed by atoms with Gasteiger partial charge in [-0.1, -0.05) is 6.07 Å². The minimum absolute atomic E-state index is 0.00471. The summed E-state index contributed by atoms with van der Waals surface area (Å²) in [5.74, 6) is 1.53. The molecule has 1 N–H and O–H groups in total. The number of rotatable bonds is 4. The first kappa shape index (κ1) is 13.6. The van der Waals surface area contributed by atoms with E-state index in [1.807, 2.05) is 18.2 Å². The maximum absolute atomic E-state index is 12.0. The zero-order valence-corrected chi connectivity index (χ0v) is 12.9. The summed E-state index contributed by atoms with van der Waals surface area (Å²) < 4.78 is 10.6. The summed E-state index contributed by atoms with van der Waals surface area (Å²) in [7, 11) is 0. The number of amides is 1. The second-order valence-electron chi connectivity index (χ2n) is 5.48. The van der Waals surface area contributed by atoms with E-state index in [-0.39, 0.29) is 12.7 Å². The fraction of sp³-hybridized carbons (Fsp3) is 0.375. The minimum atomic E-state index is 0.00471. The highest BCUT2D eigenvalue weighted by molar-refractivity contribution is 7.15. The summed E-state index contributed by atoms with van der Waals surface area (Å²) in [5.41, 5.74) is 2.23. The average molecular weight is 316 g/mol. The molecule has 0 unspecified atom stereocenters. The summed E-state index contributed by atoms with van der Waals surface area (Å²) >= 11 is 1.61. The summed E-state index contributed by atoms with van der Waals surface area (Å²) in [6.45, 7) is 0.272.